The van der Waals surface area contributed by atoms with E-state index in [1.807, 2.05) is 11.9 Å². The van der Waals surface area contributed by atoms with Crippen molar-refractivity contribution in [2.24, 2.45) is 4.40 Å². The molecule has 8 nitrogen and oxygen atoms in total. The number of carbonyl (C=O) groups excluding carboxylic acids is 2. The van der Waals surface area contributed by atoms with E-state index in [2.05, 4.69) is 9.71 Å². The van der Waals surface area contributed by atoms with Crippen LogP contribution >= 0.6 is 11.6 Å². The maximum atomic E-state index is 13.0. The first kappa shape index (κ1) is 22.3. The Bertz CT molecular complexity index is 1210. The summed E-state index contributed by atoms with van der Waals surface area (Å²) in [5.41, 5.74) is 1.03. The van der Waals surface area contributed by atoms with Crippen LogP contribution in [0.25, 0.3) is 0 Å². The highest BCUT2D eigenvalue weighted by atomic mass is 35.5. The van der Waals surface area contributed by atoms with Gasteiger partial charge in [-0.05, 0) is 49.2 Å². The van der Waals surface area contributed by atoms with Gasteiger partial charge in [0.25, 0.3) is 15.9 Å². The van der Waals surface area contributed by atoms with Crippen molar-refractivity contribution in [3.8, 4) is 0 Å². The Kier molecular flexibility index (Phi) is 6.21. The first-order valence-corrected chi connectivity index (χ1v) is 12.1. The molecule has 0 atom stereocenters. The number of anilines is 2. The van der Waals surface area contributed by atoms with E-state index in [4.69, 9.17) is 11.6 Å². The van der Waals surface area contributed by atoms with E-state index in [1.165, 1.54) is 12.1 Å². The zero-order chi connectivity index (χ0) is 22.9. The normalized spacial score (nSPS) is 17.9. The van der Waals surface area contributed by atoms with Crippen LogP contribution in [0.3, 0.4) is 0 Å². The summed E-state index contributed by atoms with van der Waals surface area (Å²) in [6, 6.07) is 10.7. The van der Waals surface area contributed by atoms with Crippen LogP contribution < -0.4 is 10.2 Å². The predicted octanol–water partition coefficient (Wildman–Crippen LogP) is 3.53. The third kappa shape index (κ3) is 4.63. The molecule has 0 unspecified atom stereocenters. The van der Waals surface area contributed by atoms with E-state index in [0.717, 1.165) is 13.0 Å². The number of rotatable bonds is 5. The second-order valence-corrected chi connectivity index (χ2v) is 9.84. The third-order valence-electron chi connectivity index (χ3n) is 5.52. The Balaban J connectivity index is 1.60. The van der Waals surface area contributed by atoms with Crippen molar-refractivity contribution < 1.29 is 18.0 Å². The quantitative estimate of drug-likeness (QED) is 0.714. The summed E-state index contributed by atoms with van der Waals surface area (Å²) >= 11 is 6.11. The van der Waals surface area contributed by atoms with Gasteiger partial charge in [0.05, 0.1) is 16.1 Å². The molecular weight excluding hydrogens is 452 g/mol. The minimum Gasteiger partial charge on any atom is -0.362 e. The van der Waals surface area contributed by atoms with E-state index in [9.17, 15) is 18.0 Å². The van der Waals surface area contributed by atoms with Gasteiger partial charge in [-0.15, -0.1) is 4.40 Å². The molecule has 0 aliphatic carbocycles. The summed E-state index contributed by atoms with van der Waals surface area (Å²) < 4.78 is 29.5. The third-order valence-corrected chi connectivity index (χ3v) is 7.05. The second kappa shape index (κ2) is 8.91. The fraction of sp³-hybridized carbons (Fsp3) is 0.318. The molecule has 0 aromatic heterocycles. The van der Waals surface area contributed by atoms with Crippen LogP contribution in [0.4, 0.5) is 11.4 Å². The molecule has 4 rings (SSSR count). The van der Waals surface area contributed by atoms with Crippen LogP contribution in [-0.4, -0.2) is 51.1 Å². The largest absolute Gasteiger partial charge is 0.362 e. The summed E-state index contributed by atoms with van der Waals surface area (Å²) in [7, 11) is -2.10. The number of amides is 2. The Morgan fingerprint density at radius 2 is 1.88 bits per heavy atom. The zero-order valence-electron chi connectivity index (χ0n) is 17.5. The monoisotopic (exact) mass is 474 g/mol. The molecule has 2 aromatic carbocycles. The number of hydrogen-bond acceptors (Lipinski definition) is 4. The lowest BCUT2D eigenvalue weighted by molar-refractivity contribution is -0.117. The van der Waals surface area contributed by atoms with Crippen LogP contribution in [0.5, 0.6) is 0 Å². The van der Waals surface area contributed by atoms with Crippen LogP contribution in [0.2, 0.25) is 5.02 Å². The Labute approximate surface area is 191 Å². The van der Waals surface area contributed by atoms with Gasteiger partial charge in [0.2, 0.25) is 5.91 Å². The highest BCUT2D eigenvalue weighted by Crippen LogP contribution is 2.29. The number of amidine groups is 1. The summed E-state index contributed by atoms with van der Waals surface area (Å²) in [5, 5.41) is 3.14. The van der Waals surface area contributed by atoms with Crippen molar-refractivity contribution in [2.45, 2.75) is 30.6 Å². The first-order chi connectivity index (χ1) is 15.2. The molecule has 2 aliphatic heterocycles. The fourth-order valence-corrected chi connectivity index (χ4v) is 5.16. The standard InChI is InChI=1S/C22H23ClN4O4S/c1-26-11-3-7-20(26)25-32(30,31)17-6-2-5-16(14-17)24-22(29)18-10-9-15(23)13-19(18)27-12-4-8-21(27)28/h2,5-6,9-10,13-14H,3-4,7-8,11-12H2,1H3,(H,24,29)/b25-20+. The van der Waals surface area contributed by atoms with Crippen LogP contribution in [0, 0.1) is 0 Å². The molecule has 2 aromatic rings. The van der Waals surface area contributed by atoms with E-state index >= 15 is 0 Å². The van der Waals surface area contributed by atoms with Crippen molar-refractivity contribution in [1.82, 2.24) is 4.90 Å². The molecule has 2 heterocycles. The minimum absolute atomic E-state index is 0.00542. The molecule has 1 N–H and O–H groups in total. The fourth-order valence-electron chi connectivity index (χ4n) is 3.86. The number of nitrogens with one attached hydrogen (secondary N) is 1. The molecule has 0 bridgehead atoms. The molecule has 32 heavy (non-hydrogen) atoms. The Hall–Kier alpha value is -2.91. The van der Waals surface area contributed by atoms with E-state index < -0.39 is 15.9 Å². The lowest BCUT2D eigenvalue weighted by Gasteiger charge is -2.20. The average Bonchev–Trinajstić information content (AvgIpc) is 3.35. The predicted molar refractivity (Wildman–Crippen MR) is 124 cm³/mol. The maximum Gasteiger partial charge on any atom is 0.284 e. The minimum atomic E-state index is -3.91. The van der Waals surface area contributed by atoms with Gasteiger partial charge in [-0.1, -0.05) is 17.7 Å². The number of carbonyl (C=O) groups is 2. The summed E-state index contributed by atoms with van der Waals surface area (Å²) in [6.45, 7) is 1.29. The van der Waals surface area contributed by atoms with Gasteiger partial charge in [-0.3, -0.25) is 9.59 Å². The molecule has 0 radical (unpaired) electrons. The van der Waals surface area contributed by atoms with Gasteiger partial charge in [-0.2, -0.15) is 8.42 Å². The molecule has 2 amide bonds. The second-order valence-electron chi connectivity index (χ2n) is 7.80. The van der Waals surface area contributed by atoms with Gasteiger partial charge < -0.3 is 15.1 Å². The molecule has 2 saturated heterocycles. The van der Waals surface area contributed by atoms with Crippen molar-refractivity contribution in [3.05, 3.63) is 53.1 Å². The Morgan fingerprint density at radius 3 is 2.56 bits per heavy atom. The SMILES string of the molecule is CN1CCC/C1=N\S(=O)(=O)c1cccc(NC(=O)c2ccc(Cl)cc2N2CCCC2=O)c1. The molecule has 0 spiro atoms. The molecule has 0 saturated carbocycles. The lowest BCUT2D eigenvalue weighted by atomic mass is 10.1. The van der Waals surface area contributed by atoms with E-state index in [0.29, 0.717) is 48.0 Å². The molecule has 10 heteroatoms. The number of likely N-dealkylation sites (tertiary alicyclic amines) is 1. The summed E-state index contributed by atoms with van der Waals surface area (Å²) in [4.78, 5) is 28.6. The topological polar surface area (TPSA) is 99.2 Å². The smallest absolute Gasteiger partial charge is 0.284 e. The number of halogens is 1. The Morgan fingerprint density at radius 1 is 1.09 bits per heavy atom. The van der Waals surface area contributed by atoms with Crippen LogP contribution in [0.1, 0.15) is 36.0 Å². The number of sulfonamides is 1. The van der Waals surface area contributed by atoms with Crippen molar-refractivity contribution >= 4 is 50.6 Å². The molecule has 2 fully saturated rings. The molecule has 2 aliphatic rings. The maximum absolute atomic E-state index is 13.0. The number of hydrogen-bond donors (Lipinski definition) is 1. The van der Waals surface area contributed by atoms with Crippen molar-refractivity contribution in [2.75, 3.05) is 30.4 Å². The van der Waals surface area contributed by atoms with Gasteiger partial charge >= 0.3 is 0 Å². The van der Waals surface area contributed by atoms with Gasteiger partial charge in [0.15, 0.2) is 0 Å². The van der Waals surface area contributed by atoms with Gasteiger partial charge in [-0.25, -0.2) is 0 Å². The molecular formula is C22H23ClN4O4S. The highest BCUT2D eigenvalue weighted by Gasteiger charge is 2.26. The molecule has 168 valence electrons. The van der Waals surface area contributed by atoms with Gasteiger partial charge in [0.1, 0.15) is 5.84 Å². The van der Waals surface area contributed by atoms with E-state index in [1.54, 1.807) is 35.2 Å². The highest BCUT2D eigenvalue weighted by molar-refractivity contribution is 7.90. The average molecular weight is 475 g/mol. The van der Waals surface area contributed by atoms with Crippen molar-refractivity contribution in [1.29, 1.82) is 0 Å². The first-order valence-electron chi connectivity index (χ1n) is 10.3. The van der Waals surface area contributed by atoms with E-state index in [-0.39, 0.29) is 16.4 Å². The van der Waals surface area contributed by atoms with Crippen LogP contribution in [0.15, 0.2) is 51.8 Å². The summed E-state index contributed by atoms with van der Waals surface area (Å²) in [5.74, 6) is -0.00122. The lowest BCUT2D eigenvalue weighted by Crippen LogP contribution is -2.27. The number of benzene rings is 2. The zero-order valence-corrected chi connectivity index (χ0v) is 19.1. The van der Waals surface area contributed by atoms with Crippen molar-refractivity contribution in [3.63, 3.8) is 0 Å². The number of nitrogens with zero attached hydrogens (tertiary/aromatic N) is 3. The van der Waals surface area contributed by atoms with Crippen LogP contribution in [-0.2, 0) is 14.8 Å². The summed E-state index contributed by atoms with van der Waals surface area (Å²) in [6.07, 6.45) is 2.61. The van der Waals surface area contributed by atoms with Gasteiger partial charge in [0, 0.05) is 43.7 Å².